The van der Waals surface area contributed by atoms with E-state index >= 15 is 0 Å². The van der Waals surface area contributed by atoms with E-state index in [1.807, 2.05) is 6.07 Å². The zero-order valence-corrected chi connectivity index (χ0v) is 7.94. The zero-order chi connectivity index (χ0) is 10.7. The van der Waals surface area contributed by atoms with E-state index in [0.29, 0.717) is 18.2 Å². The molecule has 78 valence electrons. The van der Waals surface area contributed by atoms with E-state index in [2.05, 4.69) is 25.5 Å². The highest BCUT2D eigenvalue weighted by Crippen LogP contribution is 2.09. The summed E-state index contributed by atoms with van der Waals surface area (Å²) in [5, 5.41) is 9.69. The summed E-state index contributed by atoms with van der Waals surface area (Å²) in [5.41, 5.74) is 11.9. The van der Waals surface area contributed by atoms with Gasteiger partial charge in [0, 0.05) is 12.3 Å². The van der Waals surface area contributed by atoms with Gasteiger partial charge in [-0.15, -0.1) is 0 Å². The molecule has 0 unspecified atom stereocenters. The Bertz CT molecular complexity index is 416. The number of rotatable bonds is 3. The lowest BCUT2D eigenvalue weighted by atomic mass is 10.4. The summed E-state index contributed by atoms with van der Waals surface area (Å²) in [6, 6.07) is 3.48. The molecule has 0 fully saturated rings. The van der Waals surface area contributed by atoms with Gasteiger partial charge in [0.15, 0.2) is 0 Å². The molecule has 0 atom stereocenters. The van der Waals surface area contributed by atoms with Crippen LogP contribution in [-0.2, 0) is 6.54 Å². The number of nitrogens with zero attached hydrogens (tertiary/aromatic N) is 3. The molecule has 7 nitrogen and oxygen atoms in total. The minimum Gasteiger partial charge on any atom is -0.383 e. The van der Waals surface area contributed by atoms with Gasteiger partial charge in [-0.2, -0.15) is 15.1 Å². The minimum absolute atomic E-state index is 0.155. The van der Waals surface area contributed by atoms with Gasteiger partial charge in [-0.3, -0.25) is 5.10 Å². The third-order valence-corrected chi connectivity index (χ3v) is 1.78. The molecular weight excluding hydrogens is 194 g/mol. The predicted molar refractivity (Wildman–Crippen MR) is 56.8 cm³/mol. The van der Waals surface area contributed by atoms with Crippen LogP contribution < -0.4 is 16.8 Å². The number of aromatic nitrogens is 4. The molecule has 0 aromatic carbocycles. The van der Waals surface area contributed by atoms with E-state index in [4.69, 9.17) is 11.5 Å². The molecule has 0 amide bonds. The summed E-state index contributed by atoms with van der Waals surface area (Å²) in [6.07, 6.45) is 1.68. The Morgan fingerprint density at radius 3 is 2.87 bits per heavy atom. The van der Waals surface area contributed by atoms with Crippen molar-refractivity contribution in [3.63, 3.8) is 0 Å². The number of aromatic amines is 1. The summed E-state index contributed by atoms with van der Waals surface area (Å²) in [4.78, 5) is 7.74. The lowest BCUT2D eigenvalue weighted by Gasteiger charge is -2.04. The van der Waals surface area contributed by atoms with E-state index < -0.39 is 0 Å². The fraction of sp³-hybridized carbons (Fsp3) is 0.125. The largest absolute Gasteiger partial charge is 0.383 e. The van der Waals surface area contributed by atoms with E-state index in [1.165, 1.54) is 0 Å². The summed E-state index contributed by atoms with van der Waals surface area (Å²) in [7, 11) is 0. The van der Waals surface area contributed by atoms with Crippen molar-refractivity contribution in [2.75, 3.05) is 16.8 Å². The van der Waals surface area contributed by atoms with Gasteiger partial charge in [-0.05, 0) is 6.07 Å². The van der Waals surface area contributed by atoms with Crippen molar-refractivity contribution in [2.45, 2.75) is 6.54 Å². The second-order valence-electron chi connectivity index (χ2n) is 2.97. The molecule has 0 bridgehead atoms. The summed E-state index contributed by atoms with van der Waals surface area (Å²) < 4.78 is 0. The standard InChI is InChI=1S/C8H11N7/c9-6-3-7(14-8(10)13-6)11-4-5-1-2-12-15-5/h1-3H,4H2,(H,12,15)(H5,9,10,11,13,14). The molecule has 7 heteroatoms. The summed E-state index contributed by atoms with van der Waals surface area (Å²) in [6.45, 7) is 0.579. The highest BCUT2D eigenvalue weighted by molar-refractivity contribution is 5.48. The van der Waals surface area contributed by atoms with Crippen molar-refractivity contribution in [3.8, 4) is 0 Å². The number of hydrogen-bond acceptors (Lipinski definition) is 6. The predicted octanol–water partition coefficient (Wildman–Crippen LogP) is -0.0238. The molecule has 2 aromatic rings. The van der Waals surface area contributed by atoms with Crippen molar-refractivity contribution >= 4 is 17.6 Å². The van der Waals surface area contributed by atoms with E-state index in [0.717, 1.165) is 5.69 Å². The molecule has 0 aliphatic heterocycles. The van der Waals surface area contributed by atoms with Crippen LogP contribution in [0.4, 0.5) is 17.6 Å². The summed E-state index contributed by atoms with van der Waals surface area (Å²) in [5.74, 6) is 1.09. The lowest BCUT2D eigenvalue weighted by Crippen LogP contribution is -2.06. The van der Waals surface area contributed by atoms with Crippen molar-refractivity contribution in [2.24, 2.45) is 0 Å². The first-order valence-corrected chi connectivity index (χ1v) is 4.36. The molecular formula is C8H11N7. The van der Waals surface area contributed by atoms with Crippen molar-refractivity contribution < 1.29 is 0 Å². The van der Waals surface area contributed by atoms with E-state index in [9.17, 15) is 0 Å². The van der Waals surface area contributed by atoms with Crippen LogP contribution in [-0.4, -0.2) is 20.2 Å². The molecule has 0 saturated heterocycles. The van der Waals surface area contributed by atoms with E-state index in [-0.39, 0.29) is 5.95 Å². The van der Waals surface area contributed by atoms with Crippen molar-refractivity contribution in [1.29, 1.82) is 0 Å². The van der Waals surface area contributed by atoms with Gasteiger partial charge in [-0.1, -0.05) is 0 Å². The Kier molecular flexibility index (Phi) is 2.36. The molecule has 0 saturated carbocycles. The number of hydrogen-bond donors (Lipinski definition) is 4. The van der Waals surface area contributed by atoms with Crippen LogP contribution in [0.15, 0.2) is 18.3 Å². The fourth-order valence-corrected chi connectivity index (χ4v) is 1.14. The van der Waals surface area contributed by atoms with Crippen molar-refractivity contribution in [3.05, 3.63) is 24.0 Å². The molecule has 6 N–H and O–H groups in total. The third kappa shape index (κ3) is 2.33. The number of nitrogen functional groups attached to an aromatic ring is 2. The number of nitrogens with two attached hydrogens (primary N) is 2. The molecule has 2 aromatic heterocycles. The first-order chi connectivity index (χ1) is 7.24. The average Bonchev–Trinajstić information content (AvgIpc) is 2.65. The highest BCUT2D eigenvalue weighted by Gasteiger charge is 1.99. The molecule has 2 heterocycles. The van der Waals surface area contributed by atoms with Crippen LogP contribution in [0.5, 0.6) is 0 Å². The third-order valence-electron chi connectivity index (χ3n) is 1.78. The zero-order valence-electron chi connectivity index (χ0n) is 7.94. The number of nitrogens with one attached hydrogen (secondary N) is 2. The van der Waals surface area contributed by atoms with Crippen LogP contribution in [0.2, 0.25) is 0 Å². The van der Waals surface area contributed by atoms with Gasteiger partial charge in [0.1, 0.15) is 11.6 Å². The van der Waals surface area contributed by atoms with E-state index in [1.54, 1.807) is 12.3 Å². The van der Waals surface area contributed by atoms with Gasteiger partial charge in [0.2, 0.25) is 5.95 Å². The fourth-order valence-electron chi connectivity index (χ4n) is 1.14. The van der Waals surface area contributed by atoms with Crippen LogP contribution >= 0.6 is 0 Å². The monoisotopic (exact) mass is 205 g/mol. The Morgan fingerprint density at radius 2 is 2.20 bits per heavy atom. The van der Waals surface area contributed by atoms with Gasteiger partial charge >= 0.3 is 0 Å². The SMILES string of the molecule is Nc1cc(NCc2ccn[nH]2)nc(N)n1. The lowest BCUT2D eigenvalue weighted by molar-refractivity contribution is 0.973. The Labute approximate surface area is 85.9 Å². The topological polar surface area (TPSA) is 119 Å². The van der Waals surface area contributed by atoms with Gasteiger partial charge in [-0.25, -0.2) is 0 Å². The first-order valence-electron chi connectivity index (χ1n) is 4.36. The minimum atomic E-state index is 0.155. The molecule has 0 radical (unpaired) electrons. The smallest absolute Gasteiger partial charge is 0.223 e. The van der Waals surface area contributed by atoms with Crippen LogP contribution in [0.25, 0.3) is 0 Å². The second-order valence-corrected chi connectivity index (χ2v) is 2.97. The van der Waals surface area contributed by atoms with Gasteiger partial charge in [0.25, 0.3) is 0 Å². The molecule has 2 rings (SSSR count). The Balaban J connectivity index is 2.05. The highest BCUT2D eigenvalue weighted by atomic mass is 15.1. The maximum Gasteiger partial charge on any atom is 0.223 e. The molecule has 0 aliphatic rings. The van der Waals surface area contributed by atoms with Gasteiger partial charge < -0.3 is 16.8 Å². The van der Waals surface area contributed by atoms with Crippen LogP contribution in [0, 0.1) is 0 Å². The molecule has 0 spiro atoms. The quantitative estimate of drug-likeness (QED) is 0.559. The maximum absolute atomic E-state index is 5.52. The average molecular weight is 205 g/mol. The first kappa shape index (κ1) is 9.25. The van der Waals surface area contributed by atoms with Crippen LogP contribution in [0.3, 0.4) is 0 Å². The molecule has 15 heavy (non-hydrogen) atoms. The second kappa shape index (κ2) is 3.82. The van der Waals surface area contributed by atoms with Crippen molar-refractivity contribution in [1.82, 2.24) is 20.2 Å². The van der Waals surface area contributed by atoms with Crippen LogP contribution in [0.1, 0.15) is 5.69 Å². The number of H-pyrrole nitrogens is 1. The van der Waals surface area contributed by atoms with Gasteiger partial charge in [0.05, 0.1) is 12.2 Å². The number of anilines is 3. The molecule has 0 aliphatic carbocycles. The maximum atomic E-state index is 5.52. The normalized spacial score (nSPS) is 10.1. The summed E-state index contributed by atoms with van der Waals surface area (Å²) >= 11 is 0. The Morgan fingerprint density at radius 1 is 1.33 bits per heavy atom. The Hall–Kier alpha value is -2.31.